The monoisotopic (exact) mass is 395 g/mol. The Labute approximate surface area is 168 Å². The maximum absolute atomic E-state index is 12.2. The first-order valence-electron chi connectivity index (χ1n) is 8.84. The molecule has 1 aromatic heterocycles. The number of benzene rings is 2. The predicted molar refractivity (Wildman–Crippen MR) is 106 cm³/mol. The number of ether oxygens (including phenoxy) is 2. The molecule has 0 atom stereocenters. The third-order valence-corrected chi connectivity index (χ3v) is 3.96. The van der Waals surface area contributed by atoms with Crippen LogP contribution in [-0.4, -0.2) is 31.5 Å². The molecule has 1 N–H and O–H groups in total. The second-order valence-electron chi connectivity index (χ2n) is 5.97. The first-order valence-corrected chi connectivity index (χ1v) is 8.84. The molecule has 2 aromatic carbocycles. The number of hydrogen-bond acceptors (Lipinski definition) is 7. The second-order valence-corrected chi connectivity index (χ2v) is 5.97. The van der Waals surface area contributed by atoms with Gasteiger partial charge in [-0.1, -0.05) is 10.3 Å². The molecule has 0 aliphatic carbocycles. The van der Waals surface area contributed by atoms with Crippen molar-refractivity contribution >= 4 is 12.1 Å². The van der Waals surface area contributed by atoms with Gasteiger partial charge < -0.3 is 24.2 Å². The number of oxime groups is 1. The number of rotatable bonds is 9. The van der Waals surface area contributed by atoms with Gasteiger partial charge in [-0.2, -0.15) is 0 Å². The molecular formula is C21H21N3O5. The Morgan fingerprint density at radius 3 is 2.52 bits per heavy atom. The lowest BCUT2D eigenvalue weighted by Gasteiger charge is -2.04. The van der Waals surface area contributed by atoms with Gasteiger partial charge in [0.2, 0.25) is 0 Å². The maximum atomic E-state index is 12.2. The van der Waals surface area contributed by atoms with Crippen LogP contribution in [0, 0.1) is 0 Å². The van der Waals surface area contributed by atoms with E-state index in [0.29, 0.717) is 28.5 Å². The minimum absolute atomic E-state index is 0.209. The molecule has 29 heavy (non-hydrogen) atoms. The number of carbonyl (C=O) groups is 1. The Kier molecular flexibility index (Phi) is 6.83. The fourth-order valence-corrected chi connectivity index (χ4v) is 2.44. The summed E-state index contributed by atoms with van der Waals surface area (Å²) in [6.45, 7) is 0.479. The highest BCUT2D eigenvalue weighted by atomic mass is 16.6. The normalized spacial score (nSPS) is 10.7. The molecule has 0 saturated carbocycles. The van der Waals surface area contributed by atoms with Crippen molar-refractivity contribution < 1.29 is 23.6 Å². The van der Waals surface area contributed by atoms with Crippen LogP contribution in [-0.2, 0) is 18.0 Å². The van der Waals surface area contributed by atoms with E-state index in [1.807, 2.05) is 24.3 Å². The summed E-state index contributed by atoms with van der Waals surface area (Å²) in [6.07, 6.45) is 1.61. The van der Waals surface area contributed by atoms with Gasteiger partial charge in [0.05, 0.1) is 19.9 Å². The molecule has 3 aromatic rings. The van der Waals surface area contributed by atoms with Gasteiger partial charge >= 0.3 is 0 Å². The molecule has 8 heteroatoms. The van der Waals surface area contributed by atoms with Crippen LogP contribution in [0.5, 0.6) is 11.5 Å². The zero-order chi connectivity index (χ0) is 20.5. The lowest BCUT2D eigenvalue weighted by atomic mass is 10.2. The summed E-state index contributed by atoms with van der Waals surface area (Å²) in [6, 6.07) is 16.0. The smallest absolute Gasteiger partial charge is 0.251 e. The zero-order valence-electron chi connectivity index (χ0n) is 16.1. The van der Waals surface area contributed by atoms with Gasteiger partial charge in [0, 0.05) is 11.6 Å². The van der Waals surface area contributed by atoms with Crippen LogP contribution in [0.25, 0.3) is 0 Å². The number of amides is 1. The molecule has 0 fully saturated rings. The average molecular weight is 395 g/mol. The van der Waals surface area contributed by atoms with Gasteiger partial charge in [-0.05, 0) is 54.1 Å². The minimum atomic E-state index is -0.209. The van der Waals surface area contributed by atoms with E-state index in [4.69, 9.17) is 14.0 Å². The average Bonchev–Trinajstić information content (AvgIpc) is 3.23. The molecule has 0 radical (unpaired) electrons. The first-order chi connectivity index (χ1) is 14.2. The molecule has 0 aliphatic heterocycles. The Balaban J connectivity index is 1.47. The zero-order valence-corrected chi connectivity index (χ0v) is 16.1. The van der Waals surface area contributed by atoms with Gasteiger partial charge in [0.1, 0.15) is 30.9 Å². The molecule has 0 aliphatic rings. The van der Waals surface area contributed by atoms with E-state index in [0.717, 1.165) is 5.56 Å². The standard InChI is InChI=1S/C21H21N3O5/c1-26-18-9-5-16(6-10-18)21(25)22-13-20-11-17(24-29-20)14-28-19-7-3-15(4-8-19)12-23-27-2/h3-12H,13-14H2,1-2H3,(H,22,25)/b23-12+. The van der Waals surface area contributed by atoms with Gasteiger partial charge in [-0.15, -0.1) is 0 Å². The third-order valence-electron chi connectivity index (χ3n) is 3.96. The number of nitrogens with one attached hydrogen (secondary N) is 1. The van der Waals surface area contributed by atoms with Crippen LogP contribution in [0.3, 0.4) is 0 Å². The van der Waals surface area contributed by atoms with Crippen molar-refractivity contribution in [1.82, 2.24) is 10.5 Å². The van der Waals surface area contributed by atoms with Crippen LogP contribution in [0.15, 0.2) is 64.3 Å². The molecule has 0 spiro atoms. The summed E-state index contributed by atoms with van der Waals surface area (Å²) < 4.78 is 16.0. The van der Waals surface area contributed by atoms with E-state index < -0.39 is 0 Å². The highest BCUT2D eigenvalue weighted by Crippen LogP contribution is 2.14. The largest absolute Gasteiger partial charge is 0.497 e. The van der Waals surface area contributed by atoms with Crippen molar-refractivity contribution in [3.63, 3.8) is 0 Å². The molecule has 0 bridgehead atoms. The Morgan fingerprint density at radius 1 is 1.10 bits per heavy atom. The van der Waals surface area contributed by atoms with E-state index in [2.05, 4.69) is 20.5 Å². The number of carbonyl (C=O) groups excluding carboxylic acids is 1. The Morgan fingerprint density at radius 2 is 1.83 bits per heavy atom. The van der Waals surface area contributed by atoms with Gasteiger partial charge in [0.25, 0.3) is 5.91 Å². The lowest BCUT2D eigenvalue weighted by Crippen LogP contribution is -2.22. The van der Waals surface area contributed by atoms with Crippen LogP contribution in [0.4, 0.5) is 0 Å². The van der Waals surface area contributed by atoms with Crippen LogP contribution >= 0.6 is 0 Å². The van der Waals surface area contributed by atoms with E-state index in [-0.39, 0.29) is 19.1 Å². The molecule has 0 unspecified atom stereocenters. The van der Waals surface area contributed by atoms with Crippen molar-refractivity contribution in [1.29, 1.82) is 0 Å². The maximum Gasteiger partial charge on any atom is 0.251 e. The quantitative estimate of drug-likeness (QED) is 0.442. The molecule has 8 nitrogen and oxygen atoms in total. The summed E-state index contributed by atoms with van der Waals surface area (Å²) in [5.74, 6) is 1.71. The molecule has 150 valence electrons. The van der Waals surface area contributed by atoms with Gasteiger partial charge in [-0.3, -0.25) is 4.79 Å². The molecule has 3 rings (SSSR count). The highest BCUT2D eigenvalue weighted by molar-refractivity contribution is 5.94. The predicted octanol–water partition coefficient (Wildman–Crippen LogP) is 3.17. The Hall–Kier alpha value is -3.81. The van der Waals surface area contributed by atoms with E-state index in [1.54, 1.807) is 43.7 Å². The van der Waals surface area contributed by atoms with Crippen molar-refractivity contribution in [2.45, 2.75) is 13.2 Å². The van der Waals surface area contributed by atoms with E-state index >= 15 is 0 Å². The third kappa shape index (κ3) is 5.83. The fraction of sp³-hybridized carbons (Fsp3) is 0.190. The summed E-state index contributed by atoms with van der Waals surface area (Å²) in [4.78, 5) is 16.8. The first kappa shape index (κ1) is 19.9. The van der Waals surface area contributed by atoms with Crippen LogP contribution < -0.4 is 14.8 Å². The van der Waals surface area contributed by atoms with Crippen molar-refractivity contribution in [3.05, 3.63) is 77.2 Å². The molecular weight excluding hydrogens is 374 g/mol. The highest BCUT2D eigenvalue weighted by Gasteiger charge is 2.09. The summed E-state index contributed by atoms with van der Waals surface area (Å²) in [5, 5.41) is 10.4. The number of aromatic nitrogens is 1. The molecule has 0 saturated heterocycles. The summed E-state index contributed by atoms with van der Waals surface area (Å²) in [7, 11) is 3.07. The van der Waals surface area contributed by atoms with Gasteiger partial charge in [0.15, 0.2) is 5.76 Å². The summed E-state index contributed by atoms with van der Waals surface area (Å²) in [5.41, 5.74) is 2.06. The lowest BCUT2D eigenvalue weighted by molar-refractivity contribution is 0.0947. The number of hydrogen-bond donors (Lipinski definition) is 1. The SMILES string of the molecule is CO/N=C/c1ccc(OCc2cc(CNC(=O)c3ccc(OC)cc3)on2)cc1. The van der Waals surface area contributed by atoms with Crippen molar-refractivity contribution in [2.24, 2.45) is 5.16 Å². The fourth-order valence-electron chi connectivity index (χ4n) is 2.44. The second kappa shape index (κ2) is 9.93. The number of methoxy groups -OCH3 is 1. The summed E-state index contributed by atoms with van der Waals surface area (Å²) >= 11 is 0. The van der Waals surface area contributed by atoms with E-state index in [9.17, 15) is 4.79 Å². The van der Waals surface area contributed by atoms with Crippen LogP contribution in [0.2, 0.25) is 0 Å². The van der Waals surface area contributed by atoms with E-state index in [1.165, 1.54) is 7.11 Å². The number of nitrogens with zero attached hydrogens (tertiary/aromatic N) is 2. The molecule has 1 amide bonds. The minimum Gasteiger partial charge on any atom is -0.497 e. The van der Waals surface area contributed by atoms with Gasteiger partial charge in [-0.25, -0.2) is 0 Å². The Bertz CT molecular complexity index is 949. The van der Waals surface area contributed by atoms with Crippen LogP contribution in [0.1, 0.15) is 27.4 Å². The van der Waals surface area contributed by atoms with Crippen molar-refractivity contribution in [2.75, 3.05) is 14.2 Å². The van der Waals surface area contributed by atoms with Crippen molar-refractivity contribution in [3.8, 4) is 11.5 Å². The topological polar surface area (TPSA) is 95.2 Å². The molecule has 1 heterocycles.